The first-order valence-electron chi connectivity index (χ1n) is 8.99. The minimum atomic E-state index is -0.0985. The van der Waals surface area contributed by atoms with Gasteiger partial charge in [0.2, 0.25) is 0 Å². The van der Waals surface area contributed by atoms with Crippen molar-refractivity contribution in [3.8, 4) is 11.5 Å². The van der Waals surface area contributed by atoms with Crippen LogP contribution in [-0.2, 0) is 11.3 Å². The lowest BCUT2D eigenvalue weighted by Crippen LogP contribution is -2.36. The van der Waals surface area contributed by atoms with Crippen LogP contribution in [0.4, 0.5) is 5.69 Å². The minimum Gasteiger partial charge on any atom is -0.463 e. The first kappa shape index (κ1) is 17.3. The van der Waals surface area contributed by atoms with E-state index >= 15 is 0 Å². The third-order valence-electron chi connectivity index (χ3n) is 4.56. The number of hydrogen-bond acceptors (Lipinski definition) is 5. The molecule has 138 valence electrons. The van der Waals surface area contributed by atoms with Crippen LogP contribution in [0.5, 0.6) is 0 Å². The predicted molar refractivity (Wildman–Crippen MR) is 103 cm³/mol. The number of anilines is 1. The first-order chi connectivity index (χ1) is 13.3. The Labute approximate surface area is 157 Å². The van der Waals surface area contributed by atoms with E-state index in [4.69, 9.17) is 9.15 Å². The number of benzene rings is 1. The monoisotopic (exact) mass is 363 g/mol. The number of carbonyl (C=O) groups is 1. The van der Waals surface area contributed by atoms with Gasteiger partial charge in [0.25, 0.3) is 5.91 Å². The fraction of sp³-hybridized carbons (Fsp3) is 0.238. The smallest absolute Gasteiger partial charge is 0.251 e. The van der Waals surface area contributed by atoms with Gasteiger partial charge in [-0.1, -0.05) is 6.07 Å². The molecule has 1 fully saturated rings. The molecule has 1 amide bonds. The van der Waals surface area contributed by atoms with Crippen LogP contribution < -0.4 is 10.2 Å². The van der Waals surface area contributed by atoms with E-state index in [0.717, 1.165) is 49.0 Å². The number of nitrogens with zero attached hydrogens (tertiary/aromatic N) is 2. The number of morpholine rings is 1. The van der Waals surface area contributed by atoms with Crippen LogP contribution in [0.1, 0.15) is 15.9 Å². The molecule has 6 nitrogen and oxygen atoms in total. The lowest BCUT2D eigenvalue weighted by atomic mass is 10.1. The van der Waals surface area contributed by atoms with Gasteiger partial charge in [-0.3, -0.25) is 9.78 Å². The molecule has 2 aromatic heterocycles. The molecule has 6 heteroatoms. The summed E-state index contributed by atoms with van der Waals surface area (Å²) in [5, 5.41) is 2.93. The van der Waals surface area contributed by atoms with E-state index in [1.807, 2.05) is 48.5 Å². The molecule has 0 unspecified atom stereocenters. The van der Waals surface area contributed by atoms with Crippen molar-refractivity contribution in [3.05, 3.63) is 72.1 Å². The number of carbonyl (C=O) groups excluding carboxylic acids is 1. The lowest BCUT2D eigenvalue weighted by molar-refractivity contribution is 0.0951. The van der Waals surface area contributed by atoms with Gasteiger partial charge >= 0.3 is 0 Å². The summed E-state index contributed by atoms with van der Waals surface area (Å²) < 4.78 is 10.7. The molecule has 0 radical (unpaired) electrons. The highest BCUT2D eigenvalue weighted by atomic mass is 16.5. The second-order valence-corrected chi connectivity index (χ2v) is 6.36. The molecule has 1 N–H and O–H groups in total. The summed E-state index contributed by atoms with van der Waals surface area (Å²) in [7, 11) is 0. The summed E-state index contributed by atoms with van der Waals surface area (Å²) in [6, 6.07) is 15.2. The summed E-state index contributed by atoms with van der Waals surface area (Å²) >= 11 is 0. The van der Waals surface area contributed by atoms with Gasteiger partial charge in [0.15, 0.2) is 5.76 Å². The van der Waals surface area contributed by atoms with Gasteiger partial charge in [-0.25, -0.2) is 0 Å². The third-order valence-corrected chi connectivity index (χ3v) is 4.56. The van der Waals surface area contributed by atoms with Crippen LogP contribution >= 0.6 is 0 Å². The van der Waals surface area contributed by atoms with Crippen molar-refractivity contribution < 1.29 is 13.9 Å². The molecule has 0 bridgehead atoms. The van der Waals surface area contributed by atoms with Crippen molar-refractivity contribution in [3.63, 3.8) is 0 Å². The van der Waals surface area contributed by atoms with Crippen LogP contribution in [0, 0.1) is 0 Å². The summed E-state index contributed by atoms with van der Waals surface area (Å²) in [6.07, 6.45) is 3.37. The quantitative estimate of drug-likeness (QED) is 0.754. The Kier molecular flexibility index (Phi) is 5.16. The van der Waals surface area contributed by atoms with Gasteiger partial charge < -0.3 is 19.4 Å². The fourth-order valence-corrected chi connectivity index (χ4v) is 3.03. The second kappa shape index (κ2) is 8.05. The van der Waals surface area contributed by atoms with Crippen LogP contribution in [0.2, 0.25) is 0 Å². The van der Waals surface area contributed by atoms with Crippen molar-refractivity contribution >= 4 is 11.6 Å². The average molecular weight is 363 g/mol. The van der Waals surface area contributed by atoms with E-state index in [1.54, 1.807) is 12.5 Å². The molecular weight excluding hydrogens is 342 g/mol. The van der Waals surface area contributed by atoms with Gasteiger partial charge in [-0.2, -0.15) is 0 Å². The number of pyridine rings is 1. The van der Waals surface area contributed by atoms with Gasteiger partial charge in [0.05, 0.1) is 19.5 Å². The highest BCUT2D eigenvalue weighted by molar-refractivity contribution is 5.94. The van der Waals surface area contributed by atoms with E-state index in [9.17, 15) is 4.79 Å². The zero-order chi connectivity index (χ0) is 18.5. The van der Waals surface area contributed by atoms with Crippen molar-refractivity contribution in [1.82, 2.24) is 10.3 Å². The van der Waals surface area contributed by atoms with Crippen molar-refractivity contribution in [1.29, 1.82) is 0 Å². The molecule has 3 aromatic rings. The number of nitrogens with one attached hydrogen (secondary N) is 1. The maximum atomic E-state index is 12.4. The predicted octanol–water partition coefficient (Wildman–Crippen LogP) is 3.11. The van der Waals surface area contributed by atoms with Gasteiger partial charge in [0, 0.05) is 37.1 Å². The van der Waals surface area contributed by atoms with Crippen molar-refractivity contribution in [2.75, 3.05) is 31.2 Å². The van der Waals surface area contributed by atoms with E-state index in [1.165, 1.54) is 0 Å². The molecule has 1 aliphatic heterocycles. The Bertz CT molecular complexity index is 868. The molecule has 4 rings (SSSR count). The highest BCUT2D eigenvalue weighted by Crippen LogP contribution is 2.18. The lowest BCUT2D eigenvalue weighted by Gasteiger charge is -2.28. The van der Waals surface area contributed by atoms with Crippen molar-refractivity contribution in [2.45, 2.75) is 6.54 Å². The minimum absolute atomic E-state index is 0.0985. The van der Waals surface area contributed by atoms with E-state index in [2.05, 4.69) is 15.2 Å². The van der Waals surface area contributed by atoms with Crippen LogP contribution in [0.15, 0.2) is 65.4 Å². The molecule has 27 heavy (non-hydrogen) atoms. The molecule has 0 aliphatic carbocycles. The van der Waals surface area contributed by atoms with Crippen LogP contribution in [-0.4, -0.2) is 37.2 Å². The third kappa shape index (κ3) is 4.17. The van der Waals surface area contributed by atoms with Crippen LogP contribution in [0.3, 0.4) is 0 Å². The van der Waals surface area contributed by atoms with Gasteiger partial charge in [-0.15, -0.1) is 0 Å². The molecule has 0 atom stereocenters. The number of rotatable bonds is 5. The molecule has 1 aliphatic rings. The standard InChI is InChI=1S/C21H21N3O3/c25-21(17-4-6-18(7-5-17)24-9-12-26-13-10-24)23-15-16-3-8-19(22-14-16)20-2-1-11-27-20/h1-8,11,14H,9-10,12-13,15H2,(H,23,25). The summed E-state index contributed by atoms with van der Waals surface area (Å²) in [5.74, 6) is 0.629. The summed E-state index contributed by atoms with van der Waals surface area (Å²) in [5.41, 5.74) is 3.47. The molecule has 3 heterocycles. The first-order valence-corrected chi connectivity index (χ1v) is 8.99. The summed E-state index contributed by atoms with van der Waals surface area (Å²) in [6.45, 7) is 3.68. The Hall–Kier alpha value is -3.12. The SMILES string of the molecule is O=C(NCc1ccc(-c2ccco2)nc1)c1ccc(N2CCOCC2)cc1. The molecule has 1 aromatic carbocycles. The Balaban J connectivity index is 1.33. The second-order valence-electron chi connectivity index (χ2n) is 6.36. The average Bonchev–Trinajstić information content (AvgIpc) is 3.28. The van der Waals surface area contributed by atoms with Crippen LogP contribution in [0.25, 0.3) is 11.5 Å². The molecule has 0 saturated carbocycles. The number of amides is 1. The maximum absolute atomic E-state index is 12.4. The van der Waals surface area contributed by atoms with Crippen molar-refractivity contribution in [2.24, 2.45) is 0 Å². The Morgan fingerprint density at radius 1 is 1.07 bits per heavy atom. The van der Waals surface area contributed by atoms with Gasteiger partial charge in [-0.05, 0) is 48.0 Å². The largest absolute Gasteiger partial charge is 0.463 e. The Morgan fingerprint density at radius 3 is 2.56 bits per heavy atom. The topological polar surface area (TPSA) is 67.6 Å². The maximum Gasteiger partial charge on any atom is 0.251 e. The number of aromatic nitrogens is 1. The number of ether oxygens (including phenoxy) is 1. The molecule has 1 saturated heterocycles. The summed E-state index contributed by atoms with van der Waals surface area (Å²) in [4.78, 5) is 19.0. The zero-order valence-corrected chi connectivity index (χ0v) is 14.9. The van der Waals surface area contributed by atoms with E-state index in [-0.39, 0.29) is 5.91 Å². The van der Waals surface area contributed by atoms with E-state index in [0.29, 0.717) is 12.1 Å². The zero-order valence-electron chi connectivity index (χ0n) is 14.9. The normalized spacial score (nSPS) is 14.1. The molecule has 0 spiro atoms. The number of hydrogen-bond donors (Lipinski definition) is 1. The van der Waals surface area contributed by atoms with E-state index < -0.39 is 0 Å². The van der Waals surface area contributed by atoms with Gasteiger partial charge in [0.1, 0.15) is 5.69 Å². The Morgan fingerprint density at radius 2 is 1.89 bits per heavy atom. The fourth-order valence-electron chi connectivity index (χ4n) is 3.03. The number of furan rings is 1. The highest BCUT2D eigenvalue weighted by Gasteiger charge is 2.12. The molecular formula is C21H21N3O3.